The first-order chi connectivity index (χ1) is 9.00. The van der Waals surface area contributed by atoms with Gasteiger partial charge in [0, 0.05) is 16.8 Å². The highest BCUT2D eigenvalue weighted by molar-refractivity contribution is 6.14. The van der Waals surface area contributed by atoms with Gasteiger partial charge in [0.15, 0.2) is 5.78 Å². The van der Waals surface area contributed by atoms with E-state index in [0.29, 0.717) is 11.3 Å². The molecule has 0 saturated heterocycles. The van der Waals surface area contributed by atoms with Crippen LogP contribution in [0.25, 0.3) is 0 Å². The van der Waals surface area contributed by atoms with Crippen molar-refractivity contribution >= 4 is 17.4 Å². The van der Waals surface area contributed by atoms with Gasteiger partial charge in [0.1, 0.15) is 0 Å². The van der Waals surface area contributed by atoms with E-state index >= 15 is 0 Å². The Morgan fingerprint density at radius 3 is 2.26 bits per heavy atom. The van der Waals surface area contributed by atoms with Gasteiger partial charge in [-0.2, -0.15) is 0 Å². The van der Waals surface area contributed by atoms with Crippen molar-refractivity contribution in [2.45, 2.75) is 6.92 Å². The molecule has 0 aliphatic carbocycles. The van der Waals surface area contributed by atoms with E-state index in [4.69, 9.17) is 10.8 Å². The molecule has 0 heterocycles. The molecule has 0 radical (unpaired) electrons. The third-order valence-electron chi connectivity index (χ3n) is 2.94. The Hall–Kier alpha value is -2.62. The Morgan fingerprint density at radius 1 is 1.05 bits per heavy atom. The van der Waals surface area contributed by atoms with Gasteiger partial charge in [0.05, 0.1) is 5.56 Å². The molecule has 0 unspecified atom stereocenters. The molecule has 0 spiro atoms. The monoisotopic (exact) mass is 255 g/mol. The van der Waals surface area contributed by atoms with Crippen LogP contribution in [0.15, 0.2) is 42.5 Å². The van der Waals surface area contributed by atoms with Gasteiger partial charge in [-0.15, -0.1) is 0 Å². The molecule has 19 heavy (non-hydrogen) atoms. The minimum atomic E-state index is -1.12. The van der Waals surface area contributed by atoms with Crippen molar-refractivity contribution in [1.82, 2.24) is 0 Å². The molecule has 3 N–H and O–H groups in total. The summed E-state index contributed by atoms with van der Waals surface area (Å²) in [7, 11) is 0. The molecule has 0 aromatic heterocycles. The average Bonchev–Trinajstić information content (AvgIpc) is 2.41. The molecule has 0 bridgehead atoms. The van der Waals surface area contributed by atoms with Gasteiger partial charge < -0.3 is 10.8 Å². The van der Waals surface area contributed by atoms with Crippen LogP contribution in [0.2, 0.25) is 0 Å². The first kappa shape index (κ1) is 12.8. The summed E-state index contributed by atoms with van der Waals surface area (Å²) >= 11 is 0. The quantitative estimate of drug-likeness (QED) is 0.652. The Bertz CT molecular complexity index is 662. The highest BCUT2D eigenvalue weighted by atomic mass is 16.4. The fraction of sp³-hybridized carbons (Fsp3) is 0.0667. The van der Waals surface area contributed by atoms with E-state index in [-0.39, 0.29) is 16.9 Å². The number of rotatable bonds is 3. The third kappa shape index (κ3) is 2.47. The van der Waals surface area contributed by atoms with E-state index in [0.717, 1.165) is 5.56 Å². The number of anilines is 1. The average molecular weight is 255 g/mol. The lowest BCUT2D eigenvalue weighted by molar-refractivity contribution is 0.0693. The molecule has 2 aromatic carbocycles. The Labute approximate surface area is 110 Å². The zero-order valence-corrected chi connectivity index (χ0v) is 10.4. The van der Waals surface area contributed by atoms with Crippen LogP contribution in [0, 0.1) is 6.92 Å². The number of ketones is 1. The number of benzene rings is 2. The normalized spacial score (nSPS) is 10.2. The van der Waals surface area contributed by atoms with Gasteiger partial charge in [-0.1, -0.05) is 30.3 Å². The van der Waals surface area contributed by atoms with Gasteiger partial charge in [-0.05, 0) is 24.6 Å². The Morgan fingerprint density at radius 2 is 1.68 bits per heavy atom. The van der Waals surface area contributed by atoms with Gasteiger partial charge >= 0.3 is 5.97 Å². The number of carbonyl (C=O) groups is 2. The summed E-state index contributed by atoms with van der Waals surface area (Å²) in [6, 6.07) is 11.1. The van der Waals surface area contributed by atoms with Crippen molar-refractivity contribution in [3.63, 3.8) is 0 Å². The van der Waals surface area contributed by atoms with Gasteiger partial charge in [0.2, 0.25) is 0 Å². The molecule has 2 aromatic rings. The van der Waals surface area contributed by atoms with Crippen molar-refractivity contribution in [2.24, 2.45) is 0 Å². The number of aromatic carboxylic acids is 1. The first-order valence-electron chi connectivity index (χ1n) is 5.74. The summed E-state index contributed by atoms with van der Waals surface area (Å²) in [6.45, 7) is 1.84. The van der Waals surface area contributed by atoms with E-state index < -0.39 is 5.97 Å². The molecular weight excluding hydrogens is 242 g/mol. The molecular formula is C15H13NO3. The topological polar surface area (TPSA) is 80.4 Å². The number of carbonyl (C=O) groups excluding carboxylic acids is 1. The molecule has 0 fully saturated rings. The van der Waals surface area contributed by atoms with Crippen molar-refractivity contribution < 1.29 is 14.7 Å². The SMILES string of the molecule is Cc1ccc(C(=O)c2ccccc2C(=O)O)cc1N. The van der Waals surface area contributed by atoms with Crippen LogP contribution in [-0.4, -0.2) is 16.9 Å². The highest BCUT2D eigenvalue weighted by Gasteiger charge is 2.17. The second-order valence-electron chi connectivity index (χ2n) is 4.25. The molecule has 0 aliphatic rings. The van der Waals surface area contributed by atoms with E-state index in [1.54, 1.807) is 30.3 Å². The first-order valence-corrected chi connectivity index (χ1v) is 5.74. The largest absolute Gasteiger partial charge is 0.478 e. The van der Waals surface area contributed by atoms with Crippen LogP contribution in [0.5, 0.6) is 0 Å². The number of nitrogens with two attached hydrogens (primary N) is 1. The minimum absolute atomic E-state index is 0.00773. The van der Waals surface area contributed by atoms with Crippen molar-refractivity contribution in [3.05, 3.63) is 64.7 Å². The predicted molar refractivity (Wildman–Crippen MR) is 72.4 cm³/mol. The van der Waals surface area contributed by atoms with Crippen LogP contribution >= 0.6 is 0 Å². The summed E-state index contributed by atoms with van der Waals surface area (Å²) in [6.07, 6.45) is 0. The summed E-state index contributed by atoms with van der Waals surface area (Å²) in [5.41, 5.74) is 7.70. The lowest BCUT2D eigenvalue weighted by atomic mass is 9.97. The van der Waals surface area contributed by atoms with Crippen LogP contribution in [-0.2, 0) is 0 Å². The molecule has 0 aliphatic heterocycles. The second-order valence-corrected chi connectivity index (χ2v) is 4.25. The standard InChI is InChI=1S/C15H13NO3/c1-9-6-7-10(8-13(9)16)14(17)11-4-2-3-5-12(11)15(18)19/h2-8H,16H2,1H3,(H,18,19). The maximum Gasteiger partial charge on any atom is 0.336 e. The minimum Gasteiger partial charge on any atom is -0.478 e. The fourth-order valence-electron chi connectivity index (χ4n) is 1.80. The van der Waals surface area contributed by atoms with Gasteiger partial charge in [-0.3, -0.25) is 4.79 Å². The fourth-order valence-corrected chi connectivity index (χ4v) is 1.80. The van der Waals surface area contributed by atoms with E-state index in [1.165, 1.54) is 12.1 Å². The third-order valence-corrected chi connectivity index (χ3v) is 2.94. The van der Waals surface area contributed by atoms with Gasteiger partial charge in [-0.25, -0.2) is 4.79 Å². The molecule has 4 nitrogen and oxygen atoms in total. The summed E-state index contributed by atoms with van der Waals surface area (Å²) in [5, 5.41) is 9.08. The molecule has 0 amide bonds. The predicted octanol–water partition coefficient (Wildman–Crippen LogP) is 2.51. The smallest absolute Gasteiger partial charge is 0.336 e. The van der Waals surface area contributed by atoms with Crippen molar-refractivity contribution in [3.8, 4) is 0 Å². The van der Waals surface area contributed by atoms with Gasteiger partial charge in [0.25, 0.3) is 0 Å². The number of carboxylic acids is 1. The Kier molecular flexibility index (Phi) is 3.33. The molecule has 96 valence electrons. The number of nitrogen functional groups attached to an aromatic ring is 1. The zero-order chi connectivity index (χ0) is 14.0. The maximum atomic E-state index is 12.3. The zero-order valence-electron chi connectivity index (χ0n) is 10.4. The maximum absolute atomic E-state index is 12.3. The van der Waals surface area contributed by atoms with E-state index in [9.17, 15) is 9.59 Å². The van der Waals surface area contributed by atoms with Crippen LogP contribution < -0.4 is 5.73 Å². The summed E-state index contributed by atoms with van der Waals surface area (Å²) in [5.74, 6) is -1.46. The molecule has 2 rings (SSSR count). The lowest BCUT2D eigenvalue weighted by Gasteiger charge is -2.07. The second kappa shape index (κ2) is 4.94. The van der Waals surface area contributed by atoms with Crippen molar-refractivity contribution in [2.75, 3.05) is 5.73 Å². The van der Waals surface area contributed by atoms with E-state index in [1.807, 2.05) is 6.92 Å². The number of hydrogen-bond acceptors (Lipinski definition) is 3. The number of aryl methyl sites for hydroxylation is 1. The van der Waals surface area contributed by atoms with Crippen molar-refractivity contribution in [1.29, 1.82) is 0 Å². The van der Waals surface area contributed by atoms with Crippen LogP contribution in [0.4, 0.5) is 5.69 Å². The summed E-state index contributed by atoms with van der Waals surface area (Å²) in [4.78, 5) is 23.4. The number of hydrogen-bond donors (Lipinski definition) is 2. The molecule has 0 saturated carbocycles. The molecule has 4 heteroatoms. The van der Waals surface area contributed by atoms with Crippen LogP contribution in [0.3, 0.4) is 0 Å². The summed E-state index contributed by atoms with van der Waals surface area (Å²) < 4.78 is 0. The lowest BCUT2D eigenvalue weighted by Crippen LogP contribution is -2.10. The Balaban J connectivity index is 2.50. The van der Waals surface area contributed by atoms with E-state index in [2.05, 4.69) is 0 Å². The number of carboxylic acid groups (broad SMARTS) is 1. The van der Waals surface area contributed by atoms with Crippen LogP contribution in [0.1, 0.15) is 31.8 Å². The molecule has 0 atom stereocenters. The highest BCUT2D eigenvalue weighted by Crippen LogP contribution is 2.18.